The van der Waals surface area contributed by atoms with Crippen LogP contribution in [-0.4, -0.2) is 16.6 Å². The first-order chi connectivity index (χ1) is 14.8. The van der Waals surface area contributed by atoms with E-state index in [1.54, 1.807) is 0 Å². The largest absolute Gasteiger partial charge is 0.369 e. The standard InChI is InChI=1S/C28H34O2S/c1-20-15-16-28(30-19-22-11-7-5-8-12-22)18-24(29)21(2)17-25(26(20)27(28,3)4)31-23-13-9-6-10-14-23/h5-14,21,25H,15-19H2,1-4H3/t21-,25-,28+/m0/s1. The number of hydrogen-bond donors (Lipinski definition) is 0. The highest BCUT2D eigenvalue weighted by molar-refractivity contribution is 8.00. The van der Waals surface area contributed by atoms with Crippen molar-refractivity contribution in [2.24, 2.45) is 11.3 Å². The third kappa shape index (κ3) is 4.40. The molecule has 31 heavy (non-hydrogen) atoms. The van der Waals surface area contributed by atoms with Crippen LogP contribution in [0.15, 0.2) is 76.7 Å². The predicted octanol–water partition coefficient (Wildman–Crippen LogP) is 7.24. The lowest BCUT2D eigenvalue weighted by molar-refractivity contribution is -0.155. The highest BCUT2D eigenvalue weighted by atomic mass is 32.2. The van der Waals surface area contributed by atoms with E-state index in [-0.39, 0.29) is 16.6 Å². The highest BCUT2D eigenvalue weighted by Crippen LogP contribution is 2.57. The number of ketones is 1. The highest BCUT2D eigenvalue weighted by Gasteiger charge is 2.55. The summed E-state index contributed by atoms with van der Waals surface area (Å²) in [6, 6.07) is 21.0. The number of allylic oxidation sites excluding steroid dienone is 1. The number of rotatable bonds is 5. The van der Waals surface area contributed by atoms with Gasteiger partial charge in [-0.1, -0.05) is 74.9 Å². The smallest absolute Gasteiger partial charge is 0.138 e. The molecule has 0 saturated heterocycles. The summed E-state index contributed by atoms with van der Waals surface area (Å²) in [7, 11) is 0. The van der Waals surface area contributed by atoms with Crippen LogP contribution in [0.2, 0.25) is 0 Å². The zero-order chi connectivity index (χ0) is 22.1. The van der Waals surface area contributed by atoms with Crippen LogP contribution in [0.25, 0.3) is 0 Å². The number of carbonyl (C=O) groups excluding carboxylic acids is 1. The minimum absolute atomic E-state index is 0.0397. The van der Waals surface area contributed by atoms with E-state index in [2.05, 4.69) is 82.3 Å². The SMILES string of the molecule is CC1=C2[C@@H](Sc3ccccc3)C[C@H](C)C(=O)C[C@](OCc3ccccc3)(CC1)C2(C)C. The summed E-state index contributed by atoms with van der Waals surface area (Å²) >= 11 is 1.92. The van der Waals surface area contributed by atoms with E-state index in [9.17, 15) is 4.79 Å². The molecule has 2 bridgehead atoms. The van der Waals surface area contributed by atoms with Crippen LogP contribution in [0.4, 0.5) is 0 Å². The van der Waals surface area contributed by atoms with Crippen molar-refractivity contribution in [1.29, 1.82) is 0 Å². The quantitative estimate of drug-likeness (QED) is 0.464. The average molecular weight is 435 g/mol. The molecule has 0 unspecified atom stereocenters. The van der Waals surface area contributed by atoms with Gasteiger partial charge in [0, 0.05) is 27.9 Å². The minimum atomic E-state index is -0.459. The van der Waals surface area contributed by atoms with Gasteiger partial charge in [-0.15, -0.1) is 11.8 Å². The molecule has 0 spiro atoms. The minimum Gasteiger partial charge on any atom is -0.369 e. The van der Waals surface area contributed by atoms with Gasteiger partial charge in [-0.2, -0.15) is 0 Å². The molecular formula is C28H34O2S. The topological polar surface area (TPSA) is 26.3 Å². The Morgan fingerprint density at radius 1 is 1.03 bits per heavy atom. The molecule has 2 aromatic rings. The van der Waals surface area contributed by atoms with Crippen molar-refractivity contribution in [1.82, 2.24) is 0 Å². The maximum Gasteiger partial charge on any atom is 0.138 e. The summed E-state index contributed by atoms with van der Waals surface area (Å²) in [4.78, 5) is 14.6. The van der Waals surface area contributed by atoms with Crippen molar-refractivity contribution >= 4 is 17.5 Å². The lowest BCUT2D eigenvalue weighted by Gasteiger charge is -2.54. The Bertz CT molecular complexity index is 947. The van der Waals surface area contributed by atoms with Crippen molar-refractivity contribution in [2.45, 2.75) is 75.7 Å². The summed E-state index contributed by atoms with van der Waals surface area (Å²) in [6.07, 6.45) is 3.31. The van der Waals surface area contributed by atoms with E-state index in [0.717, 1.165) is 19.3 Å². The Hall–Kier alpha value is -1.84. The van der Waals surface area contributed by atoms with E-state index in [1.165, 1.54) is 21.6 Å². The normalized spacial score (nSPS) is 28.2. The van der Waals surface area contributed by atoms with E-state index in [1.807, 2.05) is 17.8 Å². The van der Waals surface area contributed by atoms with E-state index < -0.39 is 5.60 Å². The molecule has 1 fully saturated rings. The van der Waals surface area contributed by atoms with Crippen LogP contribution >= 0.6 is 11.8 Å². The molecule has 2 nitrogen and oxygen atoms in total. The molecule has 0 amide bonds. The second kappa shape index (κ2) is 8.96. The summed E-state index contributed by atoms with van der Waals surface area (Å²) in [5.41, 5.74) is 3.49. The Labute approximate surface area is 191 Å². The molecule has 0 aromatic heterocycles. The van der Waals surface area contributed by atoms with Crippen molar-refractivity contribution in [2.75, 3.05) is 0 Å². The Kier molecular flexibility index (Phi) is 6.46. The molecule has 3 heteroatoms. The fourth-order valence-electron chi connectivity index (χ4n) is 5.50. The molecule has 2 aliphatic carbocycles. The third-order valence-corrected chi connectivity index (χ3v) is 8.71. The lowest BCUT2D eigenvalue weighted by Crippen LogP contribution is -2.55. The van der Waals surface area contributed by atoms with Gasteiger partial charge in [0.15, 0.2) is 0 Å². The number of ether oxygens (including phenoxy) is 1. The van der Waals surface area contributed by atoms with E-state index in [0.29, 0.717) is 18.8 Å². The molecule has 0 N–H and O–H groups in total. The van der Waals surface area contributed by atoms with Gasteiger partial charge in [-0.05, 0) is 49.5 Å². The number of carbonyl (C=O) groups is 1. The average Bonchev–Trinajstić information content (AvgIpc) is 2.75. The maximum absolute atomic E-state index is 13.3. The maximum atomic E-state index is 13.3. The molecule has 0 radical (unpaired) electrons. The van der Waals surface area contributed by atoms with Gasteiger partial charge in [0.05, 0.1) is 12.2 Å². The number of benzene rings is 2. The molecule has 0 heterocycles. The van der Waals surface area contributed by atoms with Gasteiger partial charge in [0.1, 0.15) is 5.78 Å². The van der Waals surface area contributed by atoms with E-state index in [4.69, 9.17) is 4.74 Å². The zero-order valence-electron chi connectivity index (χ0n) is 19.2. The first-order valence-corrected chi connectivity index (χ1v) is 12.3. The summed E-state index contributed by atoms with van der Waals surface area (Å²) < 4.78 is 6.78. The Morgan fingerprint density at radius 2 is 1.68 bits per heavy atom. The molecule has 1 saturated carbocycles. The van der Waals surface area contributed by atoms with Gasteiger partial charge < -0.3 is 4.74 Å². The van der Waals surface area contributed by atoms with Crippen molar-refractivity contribution in [3.05, 3.63) is 77.4 Å². The number of fused-ring (bicyclic) bond motifs is 2. The number of hydrogen-bond acceptors (Lipinski definition) is 3. The first-order valence-electron chi connectivity index (χ1n) is 11.4. The van der Waals surface area contributed by atoms with Gasteiger partial charge in [0.25, 0.3) is 0 Å². The van der Waals surface area contributed by atoms with Crippen LogP contribution in [0.1, 0.15) is 58.9 Å². The van der Waals surface area contributed by atoms with Crippen LogP contribution in [0.5, 0.6) is 0 Å². The van der Waals surface area contributed by atoms with Crippen LogP contribution < -0.4 is 0 Å². The van der Waals surface area contributed by atoms with Crippen LogP contribution in [0, 0.1) is 11.3 Å². The molecule has 2 aromatic carbocycles. The van der Waals surface area contributed by atoms with E-state index >= 15 is 0 Å². The Balaban J connectivity index is 1.72. The summed E-state index contributed by atoms with van der Waals surface area (Å²) in [5, 5.41) is 0.289. The molecule has 3 atom stereocenters. The van der Waals surface area contributed by atoms with Gasteiger partial charge in [-0.25, -0.2) is 0 Å². The van der Waals surface area contributed by atoms with Gasteiger partial charge >= 0.3 is 0 Å². The fourth-order valence-corrected chi connectivity index (χ4v) is 7.14. The van der Waals surface area contributed by atoms with Crippen molar-refractivity contribution < 1.29 is 9.53 Å². The molecular weight excluding hydrogens is 400 g/mol. The molecule has 2 aliphatic rings. The van der Waals surface area contributed by atoms with Crippen molar-refractivity contribution in [3.63, 3.8) is 0 Å². The molecule has 164 valence electrons. The lowest BCUT2D eigenvalue weighted by atomic mass is 9.57. The van der Waals surface area contributed by atoms with Gasteiger partial charge in [0.2, 0.25) is 0 Å². The predicted molar refractivity (Wildman–Crippen MR) is 129 cm³/mol. The Morgan fingerprint density at radius 3 is 2.35 bits per heavy atom. The first kappa shape index (κ1) is 22.4. The number of thioether (sulfide) groups is 1. The summed E-state index contributed by atoms with van der Waals surface area (Å²) in [5.74, 6) is 0.385. The van der Waals surface area contributed by atoms with Crippen LogP contribution in [-0.2, 0) is 16.1 Å². The second-order valence-electron chi connectivity index (χ2n) is 9.79. The third-order valence-electron chi connectivity index (χ3n) is 7.45. The fraction of sp³-hybridized carbons (Fsp3) is 0.464. The van der Waals surface area contributed by atoms with Crippen LogP contribution in [0.3, 0.4) is 0 Å². The monoisotopic (exact) mass is 434 g/mol. The number of Topliss-reactive ketones (excluding diaryl/α,β-unsaturated/α-hetero) is 1. The molecule has 4 rings (SSSR count). The summed E-state index contributed by atoms with van der Waals surface area (Å²) in [6.45, 7) is 9.59. The molecule has 0 aliphatic heterocycles. The van der Waals surface area contributed by atoms with Crippen molar-refractivity contribution in [3.8, 4) is 0 Å². The second-order valence-corrected chi connectivity index (χ2v) is 11.1. The zero-order valence-corrected chi connectivity index (χ0v) is 20.0. The van der Waals surface area contributed by atoms with Gasteiger partial charge in [-0.3, -0.25) is 4.79 Å².